The topological polar surface area (TPSA) is 54.4 Å². The van der Waals surface area contributed by atoms with Crippen LogP contribution in [0.2, 0.25) is 0 Å². The highest BCUT2D eigenvalue weighted by atomic mass is 16.3. The molecule has 4 saturated carbocycles. The molecule has 0 aromatic heterocycles. The summed E-state index contributed by atoms with van der Waals surface area (Å²) in [4.78, 5) is 24.1. The lowest BCUT2D eigenvalue weighted by molar-refractivity contribution is -0.232. The maximum Gasteiger partial charge on any atom is 0.133 e. The molecule has 0 aromatic rings. The van der Waals surface area contributed by atoms with Gasteiger partial charge < -0.3 is 5.11 Å². The molecule has 0 amide bonds. The molecule has 1 N–H and O–H groups in total. The lowest BCUT2D eigenvalue weighted by Crippen LogP contribution is -2.65. The smallest absolute Gasteiger partial charge is 0.133 e. The van der Waals surface area contributed by atoms with Crippen LogP contribution in [0.1, 0.15) is 78.6 Å². The van der Waals surface area contributed by atoms with Crippen molar-refractivity contribution in [2.45, 2.75) is 84.2 Å². The van der Waals surface area contributed by atoms with Gasteiger partial charge in [-0.3, -0.25) is 9.59 Å². The van der Waals surface area contributed by atoms with Gasteiger partial charge >= 0.3 is 0 Å². The Bertz CT molecular complexity index is 584. The highest BCUT2D eigenvalue weighted by Gasteiger charge is 2.67. The first-order valence-corrected chi connectivity index (χ1v) is 9.97. The van der Waals surface area contributed by atoms with E-state index in [1.807, 2.05) is 0 Å². The first-order chi connectivity index (χ1) is 11.2. The van der Waals surface area contributed by atoms with Gasteiger partial charge in [-0.1, -0.05) is 13.8 Å². The lowest BCUT2D eigenvalue weighted by Gasteiger charge is -2.64. The molecule has 4 fully saturated rings. The summed E-state index contributed by atoms with van der Waals surface area (Å²) in [7, 11) is 0. The molecule has 0 saturated heterocycles. The van der Waals surface area contributed by atoms with Crippen molar-refractivity contribution < 1.29 is 14.7 Å². The van der Waals surface area contributed by atoms with Gasteiger partial charge in [-0.15, -0.1) is 0 Å². The fourth-order valence-electron chi connectivity index (χ4n) is 7.66. The van der Waals surface area contributed by atoms with E-state index in [1.165, 1.54) is 0 Å². The summed E-state index contributed by atoms with van der Waals surface area (Å²) in [6, 6.07) is 0. The average Bonchev–Trinajstić information content (AvgIpc) is 2.87. The SMILES string of the molecule is CC(=O)C1CCC2C3CCC4CC(=O)CCC4(C)C3(O)CCC12C. The lowest BCUT2D eigenvalue weighted by atomic mass is 9.42. The number of rotatable bonds is 1. The normalized spacial score (nSPS) is 53.9. The Morgan fingerprint density at radius 3 is 2.46 bits per heavy atom. The molecule has 0 aliphatic heterocycles. The molecule has 0 radical (unpaired) electrons. The van der Waals surface area contributed by atoms with Crippen LogP contribution in [-0.4, -0.2) is 22.3 Å². The Morgan fingerprint density at radius 2 is 1.75 bits per heavy atom. The average molecular weight is 332 g/mol. The zero-order valence-corrected chi connectivity index (χ0v) is 15.4. The first-order valence-electron chi connectivity index (χ1n) is 9.97. The summed E-state index contributed by atoms with van der Waals surface area (Å²) in [6.45, 7) is 6.33. The largest absolute Gasteiger partial charge is 0.389 e. The van der Waals surface area contributed by atoms with Gasteiger partial charge in [0.2, 0.25) is 0 Å². The van der Waals surface area contributed by atoms with E-state index in [9.17, 15) is 14.7 Å². The Hall–Kier alpha value is -0.700. The second-order valence-corrected chi connectivity index (χ2v) is 9.82. The summed E-state index contributed by atoms with van der Waals surface area (Å²) in [5.74, 6) is 2.06. The summed E-state index contributed by atoms with van der Waals surface area (Å²) in [6.07, 6.45) is 8.14. The minimum absolute atomic E-state index is 0.0798. The van der Waals surface area contributed by atoms with Crippen LogP contribution in [0, 0.1) is 34.5 Å². The number of hydrogen-bond donors (Lipinski definition) is 1. The van der Waals surface area contributed by atoms with Crippen LogP contribution in [0.25, 0.3) is 0 Å². The van der Waals surface area contributed by atoms with E-state index in [0.717, 1.165) is 44.9 Å². The first kappa shape index (κ1) is 16.8. The molecule has 7 atom stereocenters. The maximum absolute atomic E-state index is 12.2. The van der Waals surface area contributed by atoms with E-state index in [2.05, 4.69) is 13.8 Å². The minimum atomic E-state index is -0.632. The highest BCUT2D eigenvalue weighted by molar-refractivity contribution is 5.80. The van der Waals surface area contributed by atoms with E-state index >= 15 is 0 Å². The number of aliphatic hydroxyl groups is 1. The summed E-state index contributed by atoms with van der Waals surface area (Å²) >= 11 is 0. The fraction of sp³-hybridized carbons (Fsp3) is 0.905. The van der Waals surface area contributed by atoms with Crippen molar-refractivity contribution >= 4 is 11.6 Å². The van der Waals surface area contributed by atoms with Gasteiger partial charge in [0.25, 0.3) is 0 Å². The summed E-state index contributed by atoms with van der Waals surface area (Å²) in [5.41, 5.74) is -0.664. The Labute approximate surface area is 145 Å². The third kappa shape index (κ3) is 1.94. The Kier molecular flexibility index (Phi) is 3.60. The molecule has 0 aromatic carbocycles. The molecule has 24 heavy (non-hydrogen) atoms. The second kappa shape index (κ2) is 5.16. The standard InChI is InChI=1S/C21H32O3/c1-13(22)16-6-7-17-18-5-4-14-12-15(23)8-9-20(14,3)21(18,24)11-10-19(16,17)2/h14,16-18,24H,4-12H2,1-3H3. The van der Waals surface area contributed by atoms with Crippen molar-refractivity contribution in [1.82, 2.24) is 0 Å². The van der Waals surface area contributed by atoms with Crippen LogP contribution in [-0.2, 0) is 9.59 Å². The van der Waals surface area contributed by atoms with Crippen molar-refractivity contribution in [3.8, 4) is 0 Å². The van der Waals surface area contributed by atoms with Gasteiger partial charge in [-0.25, -0.2) is 0 Å². The van der Waals surface area contributed by atoms with Gasteiger partial charge in [-0.05, 0) is 75.0 Å². The number of ketones is 2. The molecule has 134 valence electrons. The number of carbonyl (C=O) groups excluding carboxylic acids is 2. The predicted octanol–water partition coefficient (Wildman–Crippen LogP) is 3.92. The van der Waals surface area contributed by atoms with Gasteiger partial charge in [0.15, 0.2) is 0 Å². The molecule has 4 aliphatic rings. The van der Waals surface area contributed by atoms with Crippen LogP contribution >= 0.6 is 0 Å². The van der Waals surface area contributed by atoms with Crippen molar-refractivity contribution in [3.05, 3.63) is 0 Å². The number of fused-ring (bicyclic) bond motifs is 5. The van der Waals surface area contributed by atoms with Gasteiger partial charge in [0, 0.05) is 24.2 Å². The van der Waals surface area contributed by atoms with E-state index in [4.69, 9.17) is 0 Å². The van der Waals surface area contributed by atoms with Crippen molar-refractivity contribution in [2.24, 2.45) is 34.5 Å². The highest BCUT2D eigenvalue weighted by Crippen LogP contribution is 2.68. The van der Waals surface area contributed by atoms with E-state index < -0.39 is 5.60 Å². The van der Waals surface area contributed by atoms with Crippen molar-refractivity contribution in [3.63, 3.8) is 0 Å². The monoisotopic (exact) mass is 332 g/mol. The molecule has 0 heterocycles. The van der Waals surface area contributed by atoms with Crippen LogP contribution in [0.15, 0.2) is 0 Å². The van der Waals surface area contributed by atoms with Crippen LogP contribution < -0.4 is 0 Å². The van der Waals surface area contributed by atoms with E-state index in [0.29, 0.717) is 42.2 Å². The van der Waals surface area contributed by atoms with Gasteiger partial charge in [0.1, 0.15) is 11.6 Å². The number of carbonyl (C=O) groups is 2. The third-order valence-electron chi connectivity index (χ3n) is 9.16. The van der Waals surface area contributed by atoms with E-state index in [1.54, 1.807) is 6.92 Å². The van der Waals surface area contributed by atoms with Crippen molar-refractivity contribution in [2.75, 3.05) is 0 Å². The Morgan fingerprint density at radius 1 is 1.04 bits per heavy atom. The molecule has 0 spiro atoms. The summed E-state index contributed by atoms with van der Waals surface area (Å²) < 4.78 is 0. The number of Topliss-reactive ketones (excluding diaryl/α,β-unsaturated/α-hetero) is 2. The third-order valence-corrected chi connectivity index (χ3v) is 9.16. The number of hydrogen-bond acceptors (Lipinski definition) is 3. The van der Waals surface area contributed by atoms with Crippen LogP contribution in [0.3, 0.4) is 0 Å². The molecule has 3 heteroatoms. The second-order valence-electron chi connectivity index (χ2n) is 9.82. The van der Waals surface area contributed by atoms with Crippen LogP contribution in [0.5, 0.6) is 0 Å². The molecule has 4 aliphatic carbocycles. The van der Waals surface area contributed by atoms with Gasteiger partial charge in [0.05, 0.1) is 5.60 Å². The summed E-state index contributed by atoms with van der Waals surface area (Å²) in [5, 5.41) is 11.9. The predicted molar refractivity (Wildman–Crippen MR) is 92.4 cm³/mol. The maximum atomic E-state index is 12.2. The molecule has 4 rings (SSSR count). The molecular weight excluding hydrogens is 300 g/mol. The fourth-order valence-corrected chi connectivity index (χ4v) is 7.66. The zero-order valence-electron chi connectivity index (χ0n) is 15.4. The van der Waals surface area contributed by atoms with Crippen molar-refractivity contribution in [1.29, 1.82) is 0 Å². The van der Waals surface area contributed by atoms with Gasteiger partial charge in [-0.2, -0.15) is 0 Å². The molecular formula is C21H32O3. The molecule has 3 nitrogen and oxygen atoms in total. The van der Waals surface area contributed by atoms with E-state index in [-0.39, 0.29) is 16.7 Å². The molecule has 0 bridgehead atoms. The Balaban J connectivity index is 1.69. The van der Waals surface area contributed by atoms with Crippen LogP contribution in [0.4, 0.5) is 0 Å². The zero-order chi connectivity index (χ0) is 17.3. The molecule has 7 unspecified atom stereocenters. The minimum Gasteiger partial charge on any atom is -0.389 e. The quantitative estimate of drug-likeness (QED) is 0.792.